The lowest BCUT2D eigenvalue weighted by atomic mass is 10.2. The summed E-state index contributed by atoms with van der Waals surface area (Å²) in [6, 6.07) is 7.27. The van der Waals surface area contributed by atoms with Crippen LogP contribution in [0.1, 0.15) is 16.1 Å². The van der Waals surface area contributed by atoms with E-state index >= 15 is 0 Å². The van der Waals surface area contributed by atoms with Gasteiger partial charge in [-0.15, -0.1) is 5.10 Å². The third-order valence-corrected chi connectivity index (χ3v) is 4.08. The lowest BCUT2D eigenvalue weighted by Gasteiger charge is -2.07. The fourth-order valence-electron chi connectivity index (χ4n) is 1.89. The molecule has 26 heavy (non-hydrogen) atoms. The van der Waals surface area contributed by atoms with Gasteiger partial charge < -0.3 is 13.7 Å². The zero-order valence-electron chi connectivity index (χ0n) is 13.5. The molecule has 1 aromatic carbocycles. The van der Waals surface area contributed by atoms with Gasteiger partial charge in [0.2, 0.25) is 0 Å². The van der Waals surface area contributed by atoms with E-state index in [4.69, 9.17) is 4.74 Å². The lowest BCUT2D eigenvalue weighted by Crippen LogP contribution is -2.28. The molecule has 0 spiro atoms. The van der Waals surface area contributed by atoms with Crippen LogP contribution < -0.4 is 8.92 Å². The fourth-order valence-corrected chi connectivity index (χ4v) is 2.29. The first-order valence-corrected chi connectivity index (χ1v) is 8.28. The molecule has 0 atom stereocenters. The van der Waals surface area contributed by atoms with Crippen LogP contribution in [-0.4, -0.2) is 43.9 Å². The van der Waals surface area contributed by atoms with Crippen LogP contribution in [0.3, 0.4) is 0 Å². The molecule has 0 amide bonds. The molecule has 0 bridgehead atoms. The molecule has 0 aliphatic carbocycles. The van der Waals surface area contributed by atoms with Gasteiger partial charge in [0, 0.05) is 6.07 Å². The van der Waals surface area contributed by atoms with E-state index in [2.05, 4.69) is 14.0 Å². The largest absolute Gasteiger partial charge is 0.534 e. The number of aromatic nitrogens is 2. The van der Waals surface area contributed by atoms with Crippen LogP contribution >= 0.6 is 0 Å². The Bertz CT molecular complexity index is 890. The molecule has 0 fully saturated rings. The predicted molar refractivity (Wildman–Crippen MR) is 81.3 cm³/mol. The molecule has 12 heteroatoms. The third-order valence-electron chi connectivity index (χ3n) is 3.12. The first-order chi connectivity index (χ1) is 12.1. The van der Waals surface area contributed by atoms with E-state index in [0.29, 0.717) is 11.3 Å². The normalized spacial score (nSPS) is 11.9. The van der Waals surface area contributed by atoms with Crippen molar-refractivity contribution < 1.29 is 40.0 Å². The minimum absolute atomic E-state index is 0.0517. The molecule has 0 aliphatic heterocycles. The zero-order valence-corrected chi connectivity index (χ0v) is 14.3. The summed E-state index contributed by atoms with van der Waals surface area (Å²) in [5.74, 6) is -1.26. The second-order valence-electron chi connectivity index (χ2n) is 4.85. The number of carbonyl (C=O) groups excluding carboxylic acids is 1. The van der Waals surface area contributed by atoms with E-state index < -0.39 is 27.5 Å². The number of rotatable bonds is 6. The van der Waals surface area contributed by atoms with Crippen molar-refractivity contribution in [3.05, 3.63) is 41.6 Å². The number of halogens is 3. The average Bonchev–Trinajstić information content (AvgIpc) is 2.95. The summed E-state index contributed by atoms with van der Waals surface area (Å²) >= 11 is 0. The molecule has 0 saturated heterocycles. The molecule has 0 saturated carbocycles. The van der Waals surface area contributed by atoms with Crippen LogP contribution in [0, 0.1) is 0 Å². The molecule has 8 nitrogen and oxygen atoms in total. The lowest BCUT2D eigenvalue weighted by molar-refractivity contribution is -0.0501. The summed E-state index contributed by atoms with van der Waals surface area (Å²) in [6.07, 6.45) is 0. The molecule has 1 aromatic heterocycles. The molecule has 0 unspecified atom stereocenters. The van der Waals surface area contributed by atoms with Gasteiger partial charge in [0.25, 0.3) is 5.88 Å². The van der Waals surface area contributed by atoms with Crippen molar-refractivity contribution in [3.63, 3.8) is 0 Å². The maximum absolute atomic E-state index is 12.4. The maximum atomic E-state index is 12.4. The minimum Gasteiger partial charge on any atom is -0.497 e. The third kappa shape index (κ3) is 4.25. The van der Waals surface area contributed by atoms with Crippen molar-refractivity contribution in [1.82, 2.24) is 9.78 Å². The van der Waals surface area contributed by atoms with Crippen LogP contribution in [0.4, 0.5) is 13.2 Å². The molecular formula is C14H13F3N2O6S. The SMILES string of the molecule is COC(=O)c1cc(OS(=O)(=O)C(F)(F)F)nn1Cc1ccc(OC)cc1. The van der Waals surface area contributed by atoms with Crippen molar-refractivity contribution in [2.24, 2.45) is 0 Å². The van der Waals surface area contributed by atoms with Crippen LogP contribution in [0.15, 0.2) is 30.3 Å². The second kappa shape index (κ2) is 7.23. The Kier molecular flexibility index (Phi) is 5.44. The first kappa shape index (κ1) is 19.6. The van der Waals surface area contributed by atoms with E-state index in [-0.39, 0.29) is 12.2 Å². The second-order valence-corrected chi connectivity index (χ2v) is 6.39. The number of carbonyl (C=O) groups is 1. The number of hydrogen-bond donors (Lipinski definition) is 0. The Morgan fingerprint density at radius 1 is 1.19 bits per heavy atom. The van der Waals surface area contributed by atoms with Gasteiger partial charge in [-0.3, -0.25) is 0 Å². The first-order valence-electron chi connectivity index (χ1n) is 6.87. The summed E-state index contributed by atoms with van der Waals surface area (Å²) in [7, 11) is -3.38. The standard InChI is InChI=1S/C14H13F3N2O6S/c1-23-10-5-3-9(4-6-10)8-19-11(13(20)24-2)7-12(18-19)25-26(21,22)14(15,16)17/h3-7H,8H2,1-2H3. The number of nitrogens with zero attached hydrogens (tertiary/aromatic N) is 2. The molecule has 0 aliphatic rings. The summed E-state index contributed by atoms with van der Waals surface area (Å²) in [4.78, 5) is 11.8. The monoisotopic (exact) mass is 394 g/mol. The number of hydrogen-bond acceptors (Lipinski definition) is 7. The number of esters is 1. The Morgan fingerprint density at radius 3 is 2.31 bits per heavy atom. The van der Waals surface area contributed by atoms with Gasteiger partial charge in [-0.2, -0.15) is 21.6 Å². The van der Waals surface area contributed by atoms with E-state index in [0.717, 1.165) is 17.9 Å². The van der Waals surface area contributed by atoms with Crippen molar-refractivity contribution in [3.8, 4) is 11.6 Å². The topological polar surface area (TPSA) is 96.7 Å². The molecule has 2 rings (SSSR count). The maximum Gasteiger partial charge on any atom is 0.534 e. The summed E-state index contributed by atoms with van der Waals surface area (Å²) in [6.45, 7) is -0.0517. The van der Waals surface area contributed by atoms with Crippen LogP contribution in [0.5, 0.6) is 11.6 Å². The number of ether oxygens (including phenoxy) is 2. The predicted octanol–water partition coefficient (Wildman–Crippen LogP) is 1.95. The van der Waals surface area contributed by atoms with Gasteiger partial charge in [-0.05, 0) is 17.7 Å². The zero-order chi connectivity index (χ0) is 19.5. The highest BCUT2D eigenvalue weighted by molar-refractivity contribution is 7.87. The van der Waals surface area contributed by atoms with Crippen LogP contribution in [0.25, 0.3) is 0 Å². The van der Waals surface area contributed by atoms with Gasteiger partial charge in [-0.1, -0.05) is 12.1 Å². The Hall–Kier alpha value is -2.76. The molecule has 0 radical (unpaired) electrons. The highest BCUT2D eigenvalue weighted by Crippen LogP contribution is 2.27. The van der Waals surface area contributed by atoms with Crippen LogP contribution in [0.2, 0.25) is 0 Å². The highest BCUT2D eigenvalue weighted by Gasteiger charge is 2.49. The van der Waals surface area contributed by atoms with E-state index in [1.54, 1.807) is 24.3 Å². The van der Waals surface area contributed by atoms with Gasteiger partial charge in [0.1, 0.15) is 5.75 Å². The minimum atomic E-state index is -5.91. The van der Waals surface area contributed by atoms with Crippen molar-refractivity contribution in [1.29, 1.82) is 0 Å². The van der Waals surface area contributed by atoms with Crippen LogP contribution in [-0.2, 0) is 21.4 Å². The molecule has 2 aromatic rings. The van der Waals surface area contributed by atoms with Gasteiger partial charge >= 0.3 is 21.6 Å². The highest BCUT2D eigenvalue weighted by atomic mass is 32.2. The molecule has 0 N–H and O–H groups in total. The average molecular weight is 394 g/mol. The van der Waals surface area contributed by atoms with Crippen molar-refractivity contribution >= 4 is 16.1 Å². The van der Waals surface area contributed by atoms with Gasteiger partial charge in [0.05, 0.1) is 20.8 Å². The summed E-state index contributed by atoms with van der Waals surface area (Å²) in [5, 5.41) is 3.60. The Labute approximate surface area is 146 Å². The van der Waals surface area contributed by atoms with Gasteiger partial charge in [0.15, 0.2) is 5.69 Å². The number of alkyl halides is 3. The van der Waals surface area contributed by atoms with Gasteiger partial charge in [-0.25, -0.2) is 9.48 Å². The number of benzene rings is 1. The summed E-state index contributed by atoms with van der Waals surface area (Å²) in [5.41, 5.74) is -5.29. The van der Waals surface area contributed by atoms with E-state index in [1.807, 2.05) is 0 Å². The van der Waals surface area contributed by atoms with E-state index in [1.165, 1.54) is 7.11 Å². The smallest absolute Gasteiger partial charge is 0.497 e. The van der Waals surface area contributed by atoms with Crippen molar-refractivity contribution in [2.45, 2.75) is 12.1 Å². The Balaban J connectivity index is 2.35. The van der Waals surface area contributed by atoms with Crippen molar-refractivity contribution in [2.75, 3.05) is 14.2 Å². The quantitative estimate of drug-likeness (QED) is 0.420. The molecular weight excluding hydrogens is 381 g/mol. The summed E-state index contributed by atoms with van der Waals surface area (Å²) < 4.78 is 73.8. The van der Waals surface area contributed by atoms with E-state index in [9.17, 15) is 26.4 Å². The Morgan fingerprint density at radius 2 is 1.81 bits per heavy atom. The fraction of sp³-hybridized carbons (Fsp3) is 0.286. The molecule has 142 valence electrons. The number of methoxy groups -OCH3 is 2. The molecule has 1 heterocycles.